The van der Waals surface area contributed by atoms with E-state index in [1.807, 2.05) is 0 Å². The summed E-state index contributed by atoms with van der Waals surface area (Å²) in [4.78, 5) is 0.344. The number of aromatic nitrogens is 2. The number of nitrogens with zero attached hydrogens (tertiary/aromatic N) is 2. The molecular formula is C10H16N4S. The van der Waals surface area contributed by atoms with Crippen LogP contribution in [0.2, 0.25) is 0 Å². The summed E-state index contributed by atoms with van der Waals surface area (Å²) < 4.78 is 0. The highest BCUT2D eigenvalue weighted by Gasteiger charge is 2.08. The van der Waals surface area contributed by atoms with Gasteiger partial charge in [0.2, 0.25) is 0 Å². The summed E-state index contributed by atoms with van der Waals surface area (Å²) in [5.41, 5.74) is 6.34. The highest BCUT2D eigenvalue weighted by atomic mass is 32.1. The van der Waals surface area contributed by atoms with E-state index in [1.165, 1.54) is 0 Å². The first-order chi connectivity index (χ1) is 7.15. The van der Waals surface area contributed by atoms with Crippen LogP contribution in [-0.2, 0) is 0 Å². The molecule has 0 radical (unpaired) electrons. The minimum Gasteiger partial charge on any atom is -0.389 e. The molecule has 15 heavy (non-hydrogen) atoms. The van der Waals surface area contributed by atoms with Crippen molar-refractivity contribution in [2.75, 3.05) is 5.32 Å². The molecule has 5 heteroatoms. The summed E-state index contributed by atoms with van der Waals surface area (Å²) in [6.07, 6.45) is 3.79. The molecule has 0 spiro atoms. The fourth-order valence-corrected chi connectivity index (χ4v) is 1.54. The van der Waals surface area contributed by atoms with Crippen LogP contribution in [0.3, 0.4) is 0 Å². The fraction of sp³-hybridized carbons (Fsp3) is 0.500. The van der Waals surface area contributed by atoms with Gasteiger partial charge < -0.3 is 11.1 Å². The van der Waals surface area contributed by atoms with Gasteiger partial charge in [-0.15, -0.1) is 5.10 Å². The number of hydrogen-bond donors (Lipinski definition) is 2. The van der Waals surface area contributed by atoms with Gasteiger partial charge in [0.25, 0.3) is 0 Å². The molecule has 0 aliphatic heterocycles. The predicted octanol–water partition coefficient (Wildman–Crippen LogP) is 1.71. The maximum atomic E-state index is 5.59. The average Bonchev–Trinajstić information content (AvgIpc) is 2.18. The van der Waals surface area contributed by atoms with Crippen molar-refractivity contribution in [1.82, 2.24) is 10.2 Å². The maximum Gasteiger partial charge on any atom is 0.159 e. The summed E-state index contributed by atoms with van der Waals surface area (Å²) in [6.45, 7) is 4.24. The molecule has 1 atom stereocenters. The van der Waals surface area contributed by atoms with E-state index < -0.39 is 0 Å². The minimum atomic E-state index is 0.344. The van der Waals surface area contributed by atoms with E-state index in [4.69, 9.17) is 18.0 Å². The zero-order chi connectivity index (χ0) is 11.3. The van der Waals surface area contributed by atoms with E-state index in [9.17, 15) is 0 Å². The van der Waals surface area contributed by atoms with Crippen LogP contribution in [0.5, 0.6) is 0 Å². The van der Waals surface area contributed by atoms with Gasteiger partial charge in [-0.05, 0) is 19.4 Å². The normalized spacial score (nSPS) is 12.1. The summed E-state index contributed by atoms with van der Waals surface area (Å²) in [7, 11) is 0. The lowest BCUT2D eigenvalue weighted by molar-refractivity contribution is 0.685. The summed E-state index contributed by atoms with van der Waals surface area (Å²) in [6, 6.07) is 2.12. The molecule has 0 aliphatic rings. The first-order valence-corrected chi connectivity index (χ1v) is 5.44. The van der Waals surface area contributed by atoms with Crippen LogP contribution >= 0.6 is 12.2 Å². The molecule has 1 heterocycles. The van der Waals surface area contributed by atoms with E-state index in [0.717, 1.165) is 18.4 Å². The Bertz CT molecular complexity index is 340. The zero-order valence-corrected chi connectivity index (χ0v) is 9.84. The Hall–Kier alpha value is -1.23. The summed E-state index contributed by atoms with van der Waals surface area (Å²) in [5, 5.41) is 11.1. The van der Waals surface area contributed by atoms with Crippen molar-refractivity contribution >= 4 is 23.0 Å². The first kappa shape index (κ1) is 11.8. The lowest BCUT2D eigenvalue weighted by Gasteiger charge is -2.14. The van der Waals surface area contributed by atoms with Crippen molar-refractivity contribution < 1.29 is 0 Å². The third-order valence-electron chi connectivity index (χ3n) is 2.09. The van der Waals surface area contributed by atoms with Gasteiger partial charge in [-0.25, -0.2) is 0 Å². The number of thiocarbonyl (C=S) groups is 1. The SMILES string of the molecule is CCCC(C)Nc1nnccc1C(N)=S. The Kier molecular flexibility index (Phi) is 4.42. The number of nitrogens with one attached hydrogen (secondary N) is 1. The van der Waals surface area contributed by atoms with Crippen LogP contribution in [0.15, 0.2) is 12.3 Å². The Labute approximate surface area is 95.3 Å². The maximum absolute atomic E-state index is 5.59. The van der Waals surface area contributed by atoms with Crippen molar-refractivity contribution in [1.29, 1.82) is 0 Å². The third kappa shape index (κ3) is 3.43. The zero-order valence-electron chi connectivity index (χ0n) is 9.03. The second-order valence-corrected chi connectivity index (χ2v) is 3.93. The van der Waals surface area contributed by atoms with Gasteiger partial charge in [-0.3, -0.25) is 0 Å². The van der Waals surface area contributed by atoms with Gasteiger partial charge in [-0.2, -0.15) is 5.10 Å². The van der Waals surface area contributed by atoms with E-state index in [2.05, 4.69) is 29.4 Å². The number of anilines is 1. The smallest absolute Gasteiger partial charge is 0.159 e. The number of hydrogen-bond acceptors (Lipinski definition) is 4. The molecule has 1 aromatic heterocycles. The first-order valence-electron chi connectivity index (χ1n) is 5.03. The molecule has 0 saturated carbocycles. The molecule has 1 rings (SSSR count). The molecule has 0 amide bonds. The molecule has 4 nitrogen and oxygen atoms in total. The van der Waals surface area contributed by atoms with Crippen molar-refractivity contribution in [3.05, 3.63) is 17.8 Å². The minimum absolute atomic E-state index is 0.344. The topological polar surface area (TPSA) is 63.8 Å². The summed E-state index contributed by atoms with van der Waals surface area (Å²) in [5.74, 6) is 0.672. The molecule has 3 N–H and O–H groups in total. The van der Waals surface area contributed by atoms with Gasteiger partial charge in [0.1, 0.15) is 4.99 Å². The quantitative estimate of drug-likeness (QED) is 0.745. The molecule has 1 aromatic rings. The lowest BCUT2D eigenvalue weighted by Crippen LogP contribution is -2.20. The van der Waals surface area contributed by atoms with Crippen LogP contribution in [-0.4, -0.2) is 21.2 Å². The van der Waals surface area contributed by atoms with Gasteiger partial charge in [0.05, 0.1) is 11.8 Å². The Morgan fingerprint density at radius 1 is 1.67 bits per heavy atom. The Morgan fingerprint density at radius 3 is 3.00 bits per heavy atom. The monoisotopic (exact) mass is 224 g/mol. The predicted molar refractivity (Wildman–Crippen MR) is 65.9 cm³/mol. The van der Waals surface area contributed by atoms with Crippen LogP contribution in [0, 0.1) is 0 Å². The van der Waals surface area contributed by atoms with Crippen LogP contribution < -0.4 is 11.1 Å². The van der Waals surface area contributed by atoms with Crippen LogP contribution in [0.25, 0.3) is 0 Å². The second kappa shape index (κ2) is 5.60. The van der Waals surface area contributed by atoms with Crippen LogP contribution in [0.4, 0.5) is 5.82 Å². The number of rotatable bonds is 5. The Morgan fingerprint density at radius 2 is 2.40 bits per heavy atom. The average molecular weight is 224 g/mol. The summed E-state index contributed by atoms with van der Waals surface area (Å²) >= 11 is 4.94. The Balaban J connectivity index is 2.79. The largest absolute Gasteiger partial charge is 0.389 e. The van der Waals surface area contributed by atoms with Gasteiger partial charge >= 0.3 is 0 Å². The number of nitrogens with two attached hydrogens (primary N) is 1. The molecule has 0 aromatic carbocycles. The van der Waals surface area contributed by atoms with E-state index >= 15 is 0 Å². The second-order valence-electron chi connectivity index (χ2n) is 3.49. The molecule has 0 aliphatic carbocycles. The van der Waals surface area contributed by atoms with Crippen molar-refractivity contribution in [2.45, 2.75) is 32.7 Å². The third-order valence-corrected chi connectivity index (χ3v) is 2.31. The molecular weight excluding hydrogens is 208 g/mol. The van der Waals surface area contributed by atoms with E-state index in [-0.39, 0.29) is 0 Å². The molecule has 82 valence electrons. The van der Waals surface area contributed by atoms with Crippen molar-refractivity contribution in [3.8, 4) is 0 Å². The highest BCUT2D eigenvalue weighted by molar-refractivity contribution is 7.80. The lowest BCUT2D eigenvalue weighted by atomic mass is 10.2. The van der Waals surface area contributed by atoms with Crippen molar-refractivity contribution in [2.24, 2.45) is 5.73 Å². The molecule has 0 bridgehead atoms. The standard InChI is InChI=1S/C10H16N4S/c1-3-4-7(2)13-10-8(9(11)15)5-6-12-14-10/h5-7H,3-4H2,1-2H3,(H2,11,15)(H,13,14). The molecule has 0 saturated heterocycles. The van der Waals surface area contributed by atoms with E-state index in [0.29, 0.717) is 16.8 Å². The molecule has 0 fully saturated rings. The highest BCUT2D eigenvalue weighted by Crippen LogP contribution is 2.12. The van der Waals surface area contributed by atoms with Gasteiger partial charge in [0.15, 0.2) is 5.82 Å². The van der Waals surface area contributed by atoms with Gasteiger partial charge in [0, 0.05) is 6.04 Å². The van der Waals surface area contributed by atoms with Crippen molar-refractivity contribution in [3.63, 3.8) is 0 Å². The van der Waals surface area contributed by atoms with Gasteiger partial charge in [-0.1, -0.05) is 25.6 Å². The van der Waals surface area contributed by atoms with Crippen LogP contribution in [0.1, 0.15) is 32.3 Å². The fourth-order valence-electron chi connectivity index (χ4n) is 1.38. The van der Waals surface area contributed by atoms with E-state index in [1.54, 1.807) is 12.3 Å². The molecule has 1 unspecified atom stereocenters.